The summed E-state index contributed by atoms with van der Waals surface area (Å²) in [6.45, 7) is 7.17. The van der Waals surface area contributed by atoms with Gasteiger partial charge in [-0.25, -0.2) is 12.7 Å². The van der Waals surface area contributed by atoms with E-state index in [4.69, 9.17) is 4.74 Å². The van der Waals surface area contributed by atoms with Crippen LogP contribution in [0.2, 0.25) is 0 Å². The Bertz CT molecular complexity index is 411. The Morgan fingerprint density at radius 3 is 2.43 bits per heavy atom. The molecule has 2 fully saturated rings. The van der Waals surface area contributed by atoms with Crippen LogP contribution in [0.15, 0.2) is 0 Å². The second-order valence-corrected chi connectivity index (χ2v) is 8.76. The van der Waals surface area contributed by atoms with Crippen molar-refractivity contribution >= 4 is 10.0 Å². The molecule has 0 aromatic rings. The van der Waals surface area contributed by atoms with E-state index in [2.05, 4.69) is 18.7 Å². The molecule has 0 saturated carbocycles. The van der Waals surface area contributed by atoms with Crippen LogP contribution in [-0.4, -0.2) is 68.3 Å². The number of piperidine rings is 1. The summed E-state index contributed by atoms with van der Waals surface area (Å²) < 4.78 is 32.1. The number of rotatable bonds is 6. The van der Waals surface area contributed by atoms with E-state index >= 15 is 0 Å². The van der Waals surface area contributed by atoms with E-state index < -0.39 is 10.0 Å². The van der Waals surface area contributed by atoms with Gasteiger partial charge in [-0.05, 0) is 59.0 Å². The van der Waals surface area contributed by atoms with Gasteiger partial charge in [-0.1, -0.05) is 0 Å². The van der Waals surface area contributed by atoms with Gasteiger partial charge in [0.25, 0.3) is 0 Å². The van der Waals surface area contributed by atoms with Gasteiger partial charge in [0, 0.05) is 25.7 Å². The van der Waals surface area contributed by atoms with Crippen molar-refractivity contribution in [1.82, 2.24) is 9.21 Å². The number of nitrogens with zero attached hydrogens (tertiary/aromatic N) is 2. The molecule has 0 aromatic carbocycles. The first-order valence-corrected chi connectivity index (χ1v) is 9.82. The Morgan fingerprint density at radius 2 is 1.90 bits per heavy atom. The first-order valence-electron chi connectivity index (χ1n) is 8.21. The van der Waals surface area contributed by atoms with Gasteiger partial charge in [-0.3, -0.25) is 0 Å². The summed E-state index contributed by atoms with van der Waals surface area (Å²) in [5.41, 5.74) is 0. The van der Waals surface area contributed by atoms with E-state index in [0.717, 1.165) is 45.4 Å². The minimum Gasteiger partial charge on any atom is -0.378 e. The highest BCUT2D eigenvalue weighted by Crippen LogP contribution is 2.22. The molecule has 0 N–H and O–H groups in total. The molecular weight excluding hydrogens is 288 g/mol. The van der Waals surface area contributed by atoms with Crippen molar-refractivity contribution < 1.29 is 13.2 Å². The molecule has 0 amide bonds. The molecule has 0 aliphatic carbocycles. The Balaban J connectivity index is 1.82. The summed E-state index contributed by atoms with van der Waals surface area (Å²) in [5.74, 6) is 0.221. The molecule has 0 radical (unpaired) electrons. The van der Waals surface area contributed by atoms with Crippen molar-refractivity contribution in [3.8, 4) is 0 Å². The van der Waals surface area contributed by atoms with E-state index in [1.54, 1.807) is 11.4 Å². The van der Waals surface area contributed by atoms with E-state index in [1.807, 2.05) is 0 Å². The molecule has 2 heterocycles. The third-order valence-corrected chi connectivity index (χ3v) is 6.83. The monoisotopic (exact) mass is 318 g/mol. The highest BCUT2D eigenvalue weighted by atomic mass is 32.2. The molecule has 0 unspecified atom stereocenters. The largest absolute Gasteiger partial charge is 0.378 e. The molecule has 21 heavy (non-hydrogen) atoms. The summed E-state index contributed by atoms with van der Waals surface area (Å²) in [6, 6.07) is 0.710. The van der Waals surface area contributed by atoms with Gasteiger partial charge in [0.2, 0.25) is 10.0 Å². The average Bonchev–Trinajstić information content (AvgIpc) is 2.98. The third-order valence-electron chi connectivity index (χ3n) is 4.90. The van der Waals surface area contributed by atoms with Crippen LogP contribution < -0.4 is 0 Å². The Labute approximate surface area is 129 Å². The maximum absolute atomic E-state index is 12.5. The zero-order valence-corrected chi connectivity index (χ0v) is 14.4. The van der Waals surface area contributed by atoms with E-state index in [1.165, 1.54) is 0 Å². The van der Waals surface area contributed by atoms with Crippen molar-refractivity contribution in [1.29, 1.82) is 0 Å². The summed E-state index contributed by atoms with van der Waals surface area (Å²) in [6.07, 6.45) is 4.73. The molecule has 124 valence electrons. The fourth-order valence-corrected chi connectivity index (χ4v) is 4.80. The van der Waals surface area contributed by atoms with E-state index in [9.17, 15) is 8.42 Å². The fourth-order valence-electron chi connectivity index (χ4n) is 3.29. The first-order chi connectivity index (χ1) is 9.90. The number of sulfonamides is 1. The Hall–Kier alpha value is -0.170. The van der Waals surface area contributed by atoms with Crippen LogP contribution in [0, 0.1) is 0 Å². The quantitative estimate of drug-likeness (QED) is 0.748. The van der Waals surface area contributed by atoms with Crippen LogP contribution in [0.4, 0.5) is 0 Å². The zero-order chi connectivity index (χ0) is 15.5. The fraction of sp³-hybridized carbons (Fsp3) is 1.00. The van der Waals surface area contributed by atoms with Crippen LogP contribution in [0.1, 0.15) is 46.0 Å². The molecule has 5 nitrogen and oxygen atoms in total. The van der Waals surface area contributed by atoms with Gasteiger partial charge in [0.15, 0.2) is 0 Å². The van der Waals surface area contributed by atoms with Crippen LogP contribution in [0.3, 0.4) is 0 Å². The van der Waals surface area contributed by atoms with Crippen molar-refractivity contribution in [2.45, 2.75) is 64.1 Å². The number of likely N-dealkylation sites (tertiary alicyclic amines) is 1. The minimum atomic E-state index is -3.15. The lowest BCUT2D eigenvalue weighted by Gasteiger charge is -2.38. The number of hydrogen-bond acceptors (Lipinski definition) is 4. The lowest BCUT2D eigenvalue weighted by atomic mass is 10.0. The highest BCUT2D eigenvalue weighted by Gasteiger charge is 2.31. The van der Waals surface area contributed by atoms with Gasteiger partial charge >= 0.3 is 0 Å². The van der Waals surface area contributed by atoms with Crippen LogP contribution in [0.5, 0.6) is 0 Å². The van der Waals surface area contributed by atoms with Crippen molar-refractivity contribution in [2.75, 3.05) is 32.5 Å². The molecule has 0 bridgehead atoms. The topological polar surface area (TPSA) is 49.9 Å². The van der Waals surface area contributed by atoms with E-state index in [0.29, 0.717) is 12.5 Å². The summed E-state index contributed by atoms with van der Waals surface area (Å²) in [5, 5.41) is 0. The minimum absolute atomic E-state index is 0.149. The molecule has 6 heteroatoms. The predicted octanol–water partition coefficient (Wildman–Crippen LogP) is 1.69. The van der Waals surface area contributed by atoms with Gasteiger partial charge in [0.1, 0.15) is 0 Å². The molecule has 2 rings (SSSR count). The van der Waals surface area contributed by atoms with Gasteiger partial charge in [-0.2, -0.15) is 0 Å². The molecule has 0 aromatic heterocycles. The summed E-state index contributed by atoms with van der Waals surface area (Å²) >= 11 is 0. The molecule has 2 aliphatic rings. The Kier molecular flexibility index (Phi) is 6.05. The standard InChI is InChI=1S/C15H30N2O3S/c1-13(2)17-9-6-14(7-10-17)16(3)21(18,19)12-8-15-5-4-11-20-15/h13-15H,4-12H2,1-3H3/t15-/m1/s1. The highest BCUT2D eigenvalue weighted by molar-refractivity contribution is 7.89. The molecule has 2 saturated heterocycles. The predicted molar refractivity (Wildman–Crippen MR) is 84.9 cm³/mol. The molecular formula is C15H30N2O3S. The number of ether oxygens (including phenoxy) is 1. The lowest BCUT2D eigenvalue weighted by Crippen LogP contribution is -2.47. The van der Waals surface area contributed by atoms with Crippen LogP contribution in [0.25, 0.3) is 0 Å². The van der Waals surface area contributed by atoms with Gasteiger partial charge in [-0.15, -0.1) is 0 Å². The van der Waals surface area contributed by atoms with Crippen molar-refractivity contribution in [3.05, 3.63) is 0 Å². The molecule has 0 spiro atoms. The van der Waals surface area contributed by atoms with E-state index in [-0.39, 0.29) is 17.9 Å². The summed E-state index contributed by atoms with van der Waals surface area (Å²) in [7, 11) is -1.40. The van der Waals surface area contributed by atoms with Crippen LogP contribution in [-0.2, 0) is 14.8 Å². The Morgan fingerprint density at radius 1 is 1.24 bits per heavy atom. The second kappa shape index (κ2) is 7.40. The first kappa shape index (κ1) is 17.2. The van der Waals surface area contributed by atoms with Crippen LogP contribution >= 0.6 is 0 Å². The summed E-state index contributed by atoms with van der Waals surface area (Å²) in [4.78, 5) is 2.42. The smallest absolute Gasteiger partial charge is 0.214 e. The maximum atomic E-state index is 12.5. The average molecular weight is 318 g/mol. The normalized spacial score (nSPS) is 26.0. The van der Waals surface area contributed by atoms with Gasteiger partial charge < -0.3 is 9.64 Å². The third kappa shape index (κ3) is 4.65. The van der Waals surface area contributed by atoms with Crippen molar-refractivity contribution in [3.63, 3.8) is 0 Å². The lowest BCUT2D eigenvalue weighted by molar-refractivity contribution is 0.108. The van der Waals surface area contributed by atoms with Gasteiger partial charge in [0.05, 0.1) is 11.9 Å². The molecule has 1 atom stereocenters. The second-order valence-electron chi connectivity index (χ2n) is 6.62. The number of hydrogen-bond donors (Lipinski definition) is 0. The zero-order valence-electron chi connectivity index (χ0n) is 13.6. The molecule has 2 aliphatic heterocycles. The SMILES string of the molecule is CC(C)N1CCC(N(C)S(=O)(=O)CC[C@H]2CCCO2)CC1. The maximum Gasteiger partial charge on any atom is 0.214 e. The van der Waals surface area contributed by atoms with Crippen molar-refractivity contribution in [2.24, 2.45) is 0 Å².